The molecule has 1 atom stereocenters. The minimum atomic E-state index is -0.347. The predicted octanol–water partition coefficient (Wildman–Crippen LogP) is 7.26. The fourth-order valence-corrected chi connectivity index (χ4v) is 4.16. The fraction of sp³-hybridized carbons (Fsp3) is 0.214. The Hall–Kier alpha value is -3.57. The summed E-state index contributed by atoms with van der Waals surface area (Å²) in [4.78, 5) is 29.9. The van der Waals surface area contributed by atoms with Crippen molar-refractivity contribution in [2.45, 2.75) is 39.2 Å². The molecule has 4 aromatic rings. The van der Waals surface area contributed by atoms with E-state index in [0.29, 0.717) is 44.2 Å². The molecule has 1 unspecified atom stereocenters. The molecule has 0 aliphatic rings. The van der Waals surface area contributed by atoms with Crippen LogP contribution in [-0.4, -0.2) is 22.8 Å². The van der Waals surface area contributed by atoms with Crippen LogP contribution in [0.3, 0.4) is 0 Å². The molecule has 0 fully saturated rings. The number of halogens is 1. The Bertz CT molecular complexity index is 1310. The number of carbonyl (C=O) groups is 2. The number of H-pyrrole nitrogens is 1. The zero-order valence-corrected chi connectivity index (χ0v) is 20.0. The van der Waals surface area contributed by atoms with Crippen LogP contribution in [0.25, 0.3) is 10.9 Å². The normalized spacial score (nSPS) is 11.9. The van der Waals surface area contributed by atoms with E-state index >= 15 is 0 Å². The number of benzene rings is 3. The van der Waals surface area contributed by atoms with E-state index in [-0.39, 0.29) is 17.8 Å². The van der Waals surface area contributed by atoms with E-state index in [1.54, 1.807) is 60.7 Å². The molecule has 1 amide bonds. The van der Waals surface area contributed by atoms with Gasteiger partial charge in [0.2, 0.25) is 5.78 Å². The van der Waals surface area contributed by atoms with E-state index in [2.05, 4.69) is 24.1 Å². The Labute approximate surface area is 204 Å². The van der Waals surface area contributed by atoms with Gasteiger partial charge in [-0.25, -0.2) is 0 Å². The summed E-state index contributed by atoms with van der Waals surface area (Å²) in [6.45, 7) is 4.18. The van der Waals surface area contributed by atoms with Crippen LogP contribution >= 0.6 is 11.6 Å². The zero-order valence-electron chi connectivity index (χ0n) is 19.2. The van der Waals surface area contributed by atoms with E-state index in [1.807, 2.05) is 12.1 Å². The zero-order chi connectivity index (χ0) is 24.1. The van der Waals surface area contributed by atoms with Gasteiger partial charge in [0, 0.05) is 21.5 Å². The maximum absolute atomic E-state index is 13.4. The summed E-state index contributed by atoms with van der Waals surface area (Å²) in [5.74, 6) is -0.0409. The van der Waals surface area contributed by atoms with Crippen LogP contribution in [0.4, 0.5) is 5.69 Å². The molecule has 0 saturated heterocycles. The second kappa shape index (κ2) is 10.6. The molecule has 3 aromatic carbocycles. The molecule has 0 aliphatic carbocycles. The van der Waals surface area contributed by atoms with Crippen molar-refractivity contribution in [1.82, 2.24) is 4.98 Å². The van der Waals surface area contributed by atoms with Crippen LogP contribution in [0.5, 0.6) is 5.75 Å². The van der Waals surface area contributed by atoms with E-state index in [4.69, 9.17) is 16.3 Å². The summed E-state index contributed by atoms with van der Waals surface area (Å²) < 4.78 is 6.17. The molecule has 0 bridgehead atoms. The predicted molar refractivity (Wildman–Crippen MR) is 137 cm³/mol. The Kier molecular flexibility index (Phi) is 7.33. The van der Waals surface area contributed by atoms with Crippen molar-refractivity contribution in [3.05, 3.63) is 94.6 Å². The van der Waals surface area contributed by atoms with Gasteiger partial charge in [-0.2, -0.15) is 0 Å². The lowest BCUT2D eigenvalue weighted by Crippen LogP contribution is -2.19. The molecule has 5 nitrogen and oxygen atoms in total. The summed E-state index contributed by atoms with van der Waals surface area (Å²) in [6, 6.07) is 21.4. The second-order valence-electron chi connectivity index (χ2n) is 8.15. The summed E-state index contributed by atoms with van der Waals surface area (Å²) in [5, 5.41) is 4.20. The molecular weight excluding hydrogens is 448 g/mol. The monoisotopic (exact) mass is 474 g/mol. The number of amides is 1. The van der Waals surface area contributed by atoms with Crippen LogP contribution in [0.15, 0.2) is 72.8 Å². The molecule has 6 heteroatoms. The van der Waals surface area contributed by atoms with Crippen LogP contribution in [0.1, 0.15) is 59.5 Å². The van der Waals surface area contributed by atoms with Gasteiger partial charge in [-0.3, -0.25) is 9.59 Å². The van der Waals surface area contributed by atoms with Gasteiger partial charge < -0.3 is 15.0 Å². The van der Waals surface area contributed by atoms with Gasteiger partial charge in [-0.15, -0.1) is 0 Å². The molecule has 0 radical (unpaired) electrons. The van der Waals surface area contributed by atoms with Crippen molar-refractivity contribution < 1.29 is 14.3 Å². The van der Waals surface area contributed by atoms with Crippen molar-refractivity contribution in [3.63, 3.8) is 0 Å². The Morgan fingerprint density at radius 2 is 1.74 bits per heavy atom. The molecule has 0 aliphatic heterocycles. The van der Waals surface area contributed by atoms with E-state index in [9.17, 15) is 9.59 Å². The van der Waals surface area contributed by atoms with E-state index in [1.165, 1.54) is 0 Å². The minimum Gasteiger partial charge on any atom is -0.490 e. The van der Waals surface area contributed by atoms with Crippen molar-refractivity contribution >= 4 is 39.9 Å². The molecule has 174 valence electrons. The Balaban J connectivity index is 1.73. The maximum Gasteiger partial charge on any atom is 0.259 e. The van der Waals surface area contributed by atoms with Crippen molar-refractivity contribution in [2.75, 3.05) is 5.32 Å². The number of carbonyl (C=O) groups excluding carboxylic acids is 2. The molecule has 2 N–H and O–H groups in total. The highest BCUT2D eigenvalue weighted by molar-refractivity contribution is 6.31. The van der Waals surface area contributed by atoms with Crippen LogP contribution in [0, 0.1) is 0 Å². The quantitative estimate of drug-likeness (QED) is 0.251. The van der Waals surface area contributed by atoms with E-state index < -0.39 is 0 Å². The number of aromatic nitrogens is 1. The number of hydrogen-bond acceptors (Lipinski definition) is 3. The van der Waals surface area contributed by atoms with Crippen molar-refractivity contribution in [2.24, 2.45) is 0 Å². The first-order valence-corrected chi connectivity index (χ1v) is 11.9. The molecule has 1 heterocycles. The Morgan fingerprint density at radius 3 is 2.47 bits per heavy atom. The molecule has 4 rings (SSSR count). The lowest BCUT2D eigenvalue weighted by atomic mass is 10.1. The highest BCUT2D eigenvalue weighted by Gasteiger charge is 2.23. The standard InChI is InChI=1S/C28H27ClN2O3/c1-3-10-20(4-2)34-24-14-9-8-13-22(24)28(33)31-25-21-16-15-19(29)17-23(21)30-26(25)27(32)18-11-6-5-7-12-18/h5-9,11-17,20,30H,3-4,10H2,1-2H3,(H,31,33). The summed E-state index contributed by atoms with van der Waals surface area (Å²) >= 11 is 6.18. The SMILES string of the molecule is CCCC(CC)Oc1ccccc1C(=O)Nc1c(C(=O)c2ccccc2)[nH]c2cc(Cl)ccc12. The molecular formula is C28H27ClN2O3. The number of ketones is 1. The van der Waals surface area contributed by atoms with E-state index in [0.717, 1.165) is 19.3 Å². The lowest BCUT2D eigenvalue weighted by Gasteiger charge is -2.19. The molecule has 0 saturated carbocycles. The van der Waals surface area contributed by atoms with Crippen LogP contribution in [-0.2, 0) is 0 Å². The van der Waals surface area contributed by atoms with Gasteiger partial charge >= 0.3 is 0 Å². The van der Waals surface area contributed by atoms with Crippen LogP contribution < -0.4 is 10.1 Å². The second-order valence-corrected chi connectivity index (χ2v) is 8.58. The lowest BCUT2D eigenvalue weighted by molar-refractivity contribution is 0.101. The van der Waals surface area contributed by atoms with Gasteiger partial charge in [0.15, 0.2) is 0 Å². The number of rotatable bonds is 9. The first kappa shape index (κ1) is 23.6. The number of fused-ring (bicyclic) bond motifs is 1. The van der Waals surface area contributed by atoms with Gasteiger partial charge in [0.25, 0.3) is 5.91 Å². The summed E-state index contributed by atoms with van der Waals surface area (Å²) in [7, 11) is 0. The Morgan fingerprint density at radius 1 is 1.00 bits per heavy atom. The third kappa shape index (κ3) is 5.00. The molecule has 0 spiro atoms. The molecule has 34 heavy (non-hydrogen) atoms. The minimum absolute atomic E-state index is 0.0319. The average molecular weight is 475 g/mol. The van der Waals surface area contributed by atoms with Gasteiger partial charge in [-0.1, -0.05) is 74.3 Å². The third-order valence-electron chi connectivity index (χ3n) is 5.75. The first-order chi connectivity index (χ1) is 16.5. The topological polar surface area (TPSA) is 71.2 Å². The largest absolute Gasteiger partial charge is 0.490 e. The molecule has 1 aromatic heterocycles. The highest BCUT2D eigenvalue weighted by Crippen LogP contribution is 2.32. The third-order valence-corrected chi connectivity index (χ3v) is 5.99. The first-order valence-electron chi connectivity index (χ1n) is 11.5. The summed E-state index contributed by atoms with van der Waals surface area (Å²) in [6.07, 6.45) is 2.79. The number of hydrogen-bond donors (Lipinski definition) is 2. The number of ether oxygens (including phenoxy) is 1. The number of anilines is 1. The van der Waals surface area contributed by atoms with Crippen molar-refractivity contribution in [1.29, 1.82) is 0 Å². The summed E-state index contributed by atoms with van der Waals surface area (Å²) in [5.41, 5.74) is 2.32. The highest BCUT2D eigenvalue weighted by atomic mass is 35.5. The number of aromatic amines is 1. The average Bonchev–Trinajstić information content (AvgIpc) is 3.21. The smallest absolute Gasteiger partial charge is 0.259 e. The van der Waals surface area contributed by atoms with Gasteiger partial charge in [0.1, 0.15) is 11.4 Å². The number of nitrogens with one attached hydrogen (secondary N) is 2. The number of para-hydroxylation sites is 1. The van der Waals surface area contributed by atoms with Crippen LogP contribution in [0.2, 0.25) is 5.02 Å². The maximum atomic E-state index is 13.4. The fourth-order valence-electron chi connectivity index (χ4n) is 3.99. The van der Waals surface area contributed by atoms with Gasteiger partial charge in [0.05, 0.1) is 17.4 Å². The van der Waals surface area contributed by atoms with Gasteiger partial charge in [-0.05, 0) is 43.2 Å². The van der Waals surface area contributed by atoms with Crippen molar-refractivity contribution in [3.8, 4) is 5.75 Å².